The molecule has 182 valence electrons. The van der Waals surface area contributed by atoms with Crippen LogP contribution < -0.4 is 10.0 Å². The maximum atomic E-state index is 13.3. The number of ether oxygens (including phenoxy) is 1. The lowest BCUT2D eigenvalue weighted by Crippen LogP contribution is -2.46. The number of unbranched alkanes of at least 4 members (excludes halogenated alkanes) is 1. The Hall–Kier alpha value is -1.93. The molecule has 8 heteroatoms. The lowest BCUT2D eigenvalue weighted by atomic mass is 9.89. The third kappa shape index (κ3) is 7.59. The van der Waals surface area contributed by atoms with Gasteiger partial charge in [0.15, 0.2) is 0 Å². The summed E-state index contributed by atoms with van der Waals surface area (Å²) in [5.41, 5.74) is 2.57. The molecule has 1 aromatic rings. The van der Waals surface area contributed by atoms with Crippen molar-refractivity contribution in [1.82, 2.24) is 10.0 Å². The maximum absolute atomic E-state index is 13.3. The molecular formula is C24H40N2O5S. The monoisotopic (exact) mass is 468 g/mol. The Balaban J connectivity index is 3.20. The molecule has 0 radical (unpaired) electrons. The van der Waals surface area contributed by atoms with Gasteiger partial charge in [0.2, 0.25) is 15.9 Å². The Morgan fingerprint density at radius 2 is 1.50 bits per heavy atom. The average molecular weight is 469 g/mol. The molecule has 1 unspecified atom stereocenters. The summed E-state index contributed by atoms with van der Waals surface area (Å²) in [5.74, 6) is -0.869. The van der Waals surface area contributed by atoms with Crippen LogP contribution in [-0.4, -0.2) is 40.0 Å². The Morgan fingerprint density at radius 1 is 0.969 bits per heavy atom. The number of amides is 1. The molecule has 1 aromatic carbocycles. The van der Waals surface area contributed by atoms with Crippen molar-refractivity contribution in [2.24, 2.45) is 0 Å². The normalized spacial score (nSPS) is 13.0. The van der Waals surface area contributed by atoms with Gasteiger partial charge in [0.25, 0.3) is 0 Å². The maximum Gasteiger partial charge on any atom is 0.328 e. The van der Waals surface area contributed by atoms with Gasteiger partial charge in [0, 0.05) is 0 Å². The minimum atomic E-state index is -3.95. The number of sulfonamides is 1. The first kappa shape index (κ1) is 28.1. The fourth-order valence-corrected chi connectivity index (χ4v) is 5.15. The summed E-state index contributed by atoms with van der Waals surface area (Å²) in [6, 6.07) is 3.11. The highest BCUT2D eigenvalue weighted by molar-refractivity contribution is 7.89. The first-order valence-electron chi connectivity index (χ1n) is 11.4. The molecule has 1 amide bonds. The third-order valence-electron chi connectivity index (χ3n) is 5.44. The molecule has 0 bridgehead atoms. The number of benzene rings is 1. The molecule has 0 spiro atoms. The lowest BCUT2D eigenvalue weighted by Gasteiger charge is -2.23. The van der Waals surface area contributed by atoms with Crippen LogP contribution in [-0.2, 0) is 24.3 Å². The molecule has 0 aliphatic rings. The summed E-state index contributed by atoms with van der Waals surface area (Å²) in [6.07, 6.45) is 2.04. The van der Waals surface area contributed by atoms with Crippen LogP contribution in [0.4, 0.5) is 0 Å². The predicted molar refractivity (Wildman–Crippen MR) is 127 cm³/mol. The Kier molecular flexibility index (Phi) is 10.8. The SMILES string of the molecule is CCCCC(NC(=O)CNS(=O)(=O)c1c(C(C)C)cc(C(C)C)cc1C(C)C)C(=O)OC. The minimum Gasteiger partial charge on any atom is -0.467 e. The van der Waals surface area contributed by atoms with Gasteiger partial charge in [-0.1, -0.05) is 73.4 Å². The van der Waals surface area contributed by atoms with Crippen LogP contribution in [0.2, 0.25) is 0 Å². The summed E-state index contributed by atoms with van der Waals surface area (Å²) >= 11 is 0. The van der Waals surface area contributed by atoms with Gasteiger partial charge in [-0.25, -0.2) is 17.9 Å². The highest BCUT2D eigenvalue weighted by Crippen LogP contribution is 2.34. The van der Waals surface area contributed by atoms with E-state index in [-0.39, 0.29) is 22.6 Å². The van der Waals surface area contributed by atoms with Crippen molar-refractivity contribution in [2.75, 3.05) is 13.7 Å². The molecule has 0 saturated carbocycles. The molecule has 1 atom stereocenters. The molecule has 0 fully saturated rings. The molecule has 0 aliphatic carbocycles. The molecule has 0 aliphatic heterocycles. The fraction of sp³-hybridized carbons (Fsp3) is 0.667. The van der Waals surface area contributed by atoms with Gasteiger partial charge >= 0.3 is 5.97 Å². The number of carbonyl (C=O) groups is 2. The summed E-state index contributed by atoms with van der Waals surface area (Å²) in [5, 5.41) is 2.58. The van der Waals surface area contributed by atoms with E-state index in [1.165, 1.54) is 7.11 Å². The number of rotatable bonds is 12. The highest BCUT2D eigenvalue weighted by atomic mass is 32.2. The smallest absolute Gasteiger partial charge is 0.328 e. The molecule has 7 nitrogen and oxygen atoms in total. The van der Waals surface area contributed by atoms with Crippen LogP contribution in [0.15, 0.2) is 17.0 Å². The zero-order valence-electron chi connectivity index (χ0n) is 20.7. The summed E-state index contributed by atoms with van der Waals surface area (Å²) in [7, 11) is -2.69. The number of hydrogen-bond acceptors (Lipinski definition) is 5. The molecular weight excluding hydrogens is 428 g/mol. The first-order valence-corrected chi connectivity index (χ1v) is 12.9. The van der Waals surface area contributed by atoms with E-state index in [2.05, 4.69) is 23.9 Å². The number of methoxy groups -OCH3 is 1. The van der Waals surface area contributed by atoms with Gasteiger partial charge in [0.05, 0.1) is 18.6 Å². The second kappa shape index (κ2) is 12.3. The van der Waals surface area contributed by atoms with Gasteiger partial charge < -0.3 is 10.1 Å². The van der Waals surface area contributed by atoms with Gasteiger partial charge in [-0.3, -0.25) is 4.79 Å². The average Bonchev–Trinajstić information content (AvgIpc) is 2.73. The third-order valence-corrected chi connectivity index (χ3v) is 6.97. The van der Waals surface area contributed by atoms with Crippen LogP contribution in [0.25, 0.3) is 0 Å². The van der Waals surface area contributed by atoms with E-state index >= 15 is 0 Å². The van der Waals surface area contributed by atoms with Crippen LogP contribution in [0.5, 0.6) is 0 Å². The zero-order chi connectivity index (χ0) is 24.6. The van der Waals surface area contributed by atoms with E-state index in [0.717, 1.165) is 29.5 Å². The van der Waals surface area contributed by atoms with Gasteiger partial charge in [-0.2, -0.15) is 0 Å². The van der Waals surface area contributed by atoms with E-state index in [1.54, 1.807) is 0 Å². The van der Waals surface area contributed by atoms with Crippen molar-refractivity contribution in [2.45, 2.75) is 96.4 Å². The summed E-state index contributed by atoms with van der Waals surface area (Å²) in [6.45, 7) is 13.5. The summed E-state index contributed by atoms with van der Waals surface area (Å²) in [4.78, 5) is 24.6. The first-order chi connectivity index (χ1) is 14.8. The number of esters is 1. The van der Waals surface area contributed by atoms with Crippen molar-refractivity contribution in [3.8, 4) is 0 Å². The highest BCUT2D eigenvalue weighted by Gasteiger charge is 2.28. The van der Waals surface area contributed by atoms with E-state index in [4.69, 9.17) is 4.74 Å². The second-order valence-corrected chi connectivity index (χ2v) is 10.8. The molecule has 0 heterocycles. The van der Waals surface area contributed by atoms with Crippen molar-refractivity contribution < 1.29 is 22.7 Å². The van der Waals surface area contributed by atoms with Gasteiger partial charge in [0.1, 0.15) is 6.04 Å². The van der Waals surface area contributed by atoms with Crippen LogP contribution in [0.3, 0.4) is 0 Å². The minimum absolute atomic E-state index is 0.00986. The quantitative estimate of drug-likeness (QED) is 0.448. The zero-order valence-corrected chi connectivity index (χ0v) is 21.6. The van der Waals surface area contributed by atoms with Crippen molar-refractivity contribution in [1.29, 1.82) is 0 Å². The standard InChI is InChI=1S/C24H40N2O5S/c1-9-10-11-21(24(28)31-8)26-22(27)14-25-32(29,30)23-19(16(4)5)12-18(15(2)3)13-20(23)17(6)7/h12-13,15-17,21,25H,9-11,14H2,1-8H3,(H,26,27). The number of carbonyl (C=O) groups excluding carboxylic acids is 2. The van der Waals surface area contributed by atoms with Crippen LogP contribution in [0.1, 0.15) is 102 Å². The Morgan fingerprint density at radius 3 is 1.91 bits per heavy atom. The van der Waals surface area contributed by atoms with Crippen molar-refractivity contribution in [3.05, 3.63) is 28.8 Å². The lowest BCUT2D eigenvalue weighted by molar-refractivity contribution is -0.145. The van der Waals surface area contributed by atoms with E-state index in [1.807, 2.05) is 46.8 Å². The second-order valence-electron chi connectivity index (χ2n) is 9.10. The Bertz CT molecular complexity index is 863. The number of nitrogens with one attached hydrogen (secondary N) is 2. The largest absolute Gasteiger partial charge is 0.467 e. The number of hydrogen-bond donors (Lipinski definition) is 2. The molecule has 0 saturated heterocycles. The van der Waals surface area contributed by atoms with E-state index in [9.17, 15) is 18.0 Å². The molecule has 32 heavy (non-hydrogen) atoms. The van der Waals surface area contributed by atoms with Crippen LogP contribution in [0, 0.1) is 0 Å². The van der Waals surface area contributed by atoms with Crippen LogP contribution >= 0.6 is 0 Å². The van der Waals surface area contributed by atoms with Gasteiger partial charge in [-0.15, -0.1) is 0 Å². The molecule has 1 rings (SSSR count). The Labute approximate surface area is 193 Å². The molecule has 0 aromatic heterocycles. The molecule has 2 N–H and O–H groups in total. The topological polar surface area (TPSA) is 102 Å². The van der Waals surface area contributed by atoms with E-state index < -0.39 is 34.5 Å². The van der Waals surface area contributed by atoms with Crippen molar-refractivity contribution >= 4 is 21.9 Å². The summed E-state index contributed by atoms with van der Waals surface area (Å²) < 4.78 is 33.9. The van der Waals surface area contributed by atoms with Gasteiger partial charge in [-0.05, 0) is 40.9 Å². The van der Waals surface area contributed by atoms with E-state index in [0.29, 0.717) is 6.42 Å². The predicted octanol–water partition coefficient (Wildman–Crippen LogP) is 4.18. The van der Waals surface area contributed by atoms with Crippen molar-refractivity contribution in [3.63, 3.8) is 0 Å². The fourth-order valence-electron chi connectivity index (χ4n) is 3.48.